The molecule has 2 heterocycles. The number of hydrogen-bond donors (Lipinski definition) is 2. The normalized spacial score (nSPS) is 12.9. The lowest BCUT2D eigenvalue weighted by atomic mass is 10.1. The Bertz CT molecular complexity index is 407. The summed E-state index contributed by atoms with van der Waals surface area (Å²) in [6.07, 6.45) is 7.85. The first-order valence-electron chi connectivity index (χ1n) is 4.74. The first-order valence-corrected chi connectivity index (χ1v) is 4.74. The number of nitrogens with zero attached hydrogens (tertiary/aromatic N) is 2. The van der Waals surface area contributed by atoms with E-state index in [1.165, 1.54) is 0 Å². The van der Waals surface area contributed by atoms with Crippen LogP contribution in [0.5, 0.6) is 0 Å². The lowest BCUT2D eigenvalue weighted by Crippen LogP contribution is -2.29. The van der Waals surface area contributed by atoms with Gasteiger partial charge < -0.3 is 8.98 Å². The molecule has 0 aliphatic heterocycles. The summed E-state index contributed by atoms with van der Waals surface area (Å²) in [5.74, 6) is 5.50. The Kier molecular flexibility index (Phi) is 2.84. The topological polar surface area (TPSA) is 69.0 Å². The third-order valence-electron chi connectivity index (χ3n) is 2.30. The third kappa shape index (κ3) is 2.26. The van der Waals surface area contributed by atoms with Crippen LogP contribution in [0, 0.1) is 0 Å². The molecular formula is C10H14N4O. The summed E-state index contributed by atoms with van der Waals surface area (Å²) in [7, 11) is 1.93. The van der Waals surface area contributed by atoms with Crippen molar-refractivity contribution < 1.29 is 4.42 Å². The fourth-order valence-corrected chi connectivity index (χ4v) is 1.51. The molecule has 3 N–H and O–H groups in total. The molecular weight excluding hydrogens is 192 g/mol. The van der Waals surface area contributed by atoms with E-state index in [0.717, 1.165) is 17.7 Å². The van der Waals surface area contributed by atoms with Gasteiger partial charge in [0.1, 0.15) is 0 Å². The van der Waals surface area contributed by atoms with Crippen molar-refractivity contribution in [2.45, 2.75) is 12.5 Å². The highest BCUT2D eigenvalue weighted by Gasteiger charge is 2.13. The van der Waals surface area contributed by atoms with Crippen LogP contribution in [-0.2, 0) is 13.5 Å². The van der Waals surface area contributed by atoms with Gasteiger partial charge in [-0.05, 0) is 18.1 Å². The standard InChI is InChI=1S/C10H14N4O/c1-14-5-10(12-7-14)9(13-11)4-8-2-3-15-6-8/h2-3,5-7,9,13H,4,11H2,1H3. The van der Waals surface area contributed by atoms with Crippen LogP contribution in [0.15, 0.2) is 35.5 Å². The largest absolute Gasteiger partial charge is 0.472 e. The van der Waals surface area contributed by atoms with Crippen LogP contribution in [-0.4, -0.2) is 9.55 Å². The summed E-state index contributed by atoms with van der Waals surface area (Å²) in [5.41, 5.74) is 4.78. The van der Waals surface area contributed by atoms with E-state index < -0.39 is 0 Å². The highest BCUT2D eigenvalue weighted by atomic mass is 16.3. The maximum atomic E-state index is 5.50. The lowest BCUT2D eigenvalue weighted by molar-refractivity contribution is 0.528. The number of aromatic nitrogens is 2. The van der Waals surface area contributed by atoms with Crippen LogP contribution in [0.4, 0.5) is 0 Å². The molecule has 0 aromatic carbocycles. The summed E-state index contributed by atoms with van der Waals surface area (Å²) in [6, 6.07) is 1.94. The second-order valence-corrected chi connectivity index (χ2v) is 3.52. The van der Waals surface area contributed by atoms with Crippen molar-refractivity contribution in [3.63, 3.8) is 0 Å². The molecule has 0 spiro atoms. The molecule has 1 atom stereocenters. The zero-order valence-electron chi connectivity index (χ0n) is 8.55. The van der Waals surface area contributed by atoms with Crippen molar-refractivity contribution in [3.8, 4) is 0 Å². The zero-order valence-corrected chi connectivity index (χ0v) is 8.55. The molecule has 0 amide bonds. The number of furan rings is 1. The van der Waals surface area contributed by atoms with Crippen molar-refractivity contribution >= 4 is 0 Å². The minimum absolute atomic E-state index is 0.0174. The number of nitrogens with two attached hydrogens (primary N) is 1. The predicted molar refractivity (Wildman–Crippen MR) is 55.7 cm³/mol. The highest BCUT2D eigenvalue weighted by Crippen LogP contribution is 2.15. The molecule has 5 nitrogen and oxygen atoms in total. The minimum atomic E-state index is 0.0174. The fraction of sp³-hybridized carbons (Fsp3) is 0.300. The van der Waals surface area contributed by atoms with Gasteiger partial charge in [0, 0.05) is 13.2 Å². The molecule has 0 radical (unpaired) electrons. The van der Waals surface area contributed by atoms with Gasteiger partial charge in [-0.25, -0.2) is 4.98 Å². The Morgan fingerprint density at radius 1 is 1.67 bits per heavy atom. The molecule has 0 aliphatic rings. The van der Waals surface area contributed by atoms with E-state index in [1.807, 2.05) is 23.9 Å². The van der Waals surface area contributed by atoms with E-state index in [1.54, 1.807) is 18.9 Å². The molecule has 1 unspecified atom stereocenters. The second kappa shape index (κ2) is 4.29. The first-order chi connectivity index (χ1) is 7.29. The van der Waals surface area contributed by atoms with Crippen molar-refractivity contribution in [2.75, 3.05) is 0 Å². The summed E-state index contributed by atoms with van der Waals surface area (Å²) in [6.45, 7) is 0. The maximum absolute atomic E-state index is 5.50. The molecule has 2 aromatic heterocycles. The van der Waals surface area contributed by atoms with Crippen molar-refractivity contribution in [2.24, 2.45) is 12.9 Å². The number of rotatable bonds is 4. The predicted octanol–water partition coefficient (Wildman–Crippen LogP) is 0.760. The average Bonchev–Trinajstić information content (AvgIpc) is 2.85. The molecule has 0 saturated heterocycles. The van der Waals surface area contributed by atoms with Crippen molar-refractivity contribution in [1.82, 2.24) is 15.0 Å². The Morgan fingerprint density at radius 2 is 2.53 bits per heavy atom. The molecule has 80 valence electrons. The first kappa shape index (κ1) is 9.95. The molecule has 5 heteroatoms. The number of hydrogen-bond acceptors (Lipinski definition) is 4. The van der Waals surface area contributed by atoms with E-state index >= 15 is 0 Å². The summed E-state index contributed by atoms with van der Waals surface area (Å²) < 4.78 is 6.90. The highest BCUT2D eigenvalue weighted by molar-refractivity contribution is 5.13. The summed E-state index contributed by atoms with van der Waals surface area (Å²) >= 11 is 0. The maximum Gasteiger partial charge on any atom is 0.0947 e. The Labute approximate surface area is 87.9 Å². The second-order valence-electron chi connectivity index (χ2n) is 3.52. The summed E-state index contributed by atoms with van der Waals surface area (Å²) in [4.78, 5) is 4.26. The minimum Gasteiger partial charge on any atom is -0.472 e. The molecule has 2 rings (SSSR count). The monoisotopic (exact) mass is 206 g/mol. The van der Waals surface area contributed by atoms with Gasteiger partial charge in [0.05, 0.1) is 30.6 Å². The third-order valence-corrected chi connectivity index (χ3v) is 2.30. The van der Waals surface area contributed by atoms with E-state index in [0.29, 0.717) is 0 Å². The number of hydrazine groups is 1. The quantitative estimate of drug-likeness (QED) is 0.572. The van der Waals surface area contributed by atoms with Gasteiger partial charge in [-0.15, -0.1) is 0 Å². The molecule has 2 aromatic rings. The van der Waals surface area contributed by atoms with Gasteiger partial charge >= 0.3 is 0 Å². The van der Waals surface area contributed by atoms with Crippen LogP contribution in [0.25, 0.3) is 0 Å². The number of nitrogens with one attached hydrogen (secondary N) is 1. The van der Waals surface area contributed by atoms with Crippen LogP contribution in [0.2, 0.25) is 0 Å². The fourth-order valence-electron chi connectivity index (χ4n) is 1.51. The van der Waals surface area contributed by atoms with Gasteiger partial charge in [-0.3, -0.25) is 11.3 Å². The number of aryl methyl sites for hydroxylation is 1. The van der Waals surface area contributed by atoms with E-state index in [9.17, 15) is 0 Å². The van der Waals surface area contributed by atoms with Crippen LogP contribution < -0.4 is 11.3 Å². The van der Waals surface area contributed by atoms with Gasteiger partial charge in [0.15, 0.2) is 0 Å². The van der Waals surface area contributed by atoms with Gasteiger partial charge in [0.25, 0.3) is 0 Å². The Morgan fingerprint density at radius 3 is 3.07 bits per heavy atom. The molecule has 0 saturated carbocycles. The van der Waals surface area contributed by atoms with E-state index in [4.69, 9.17) is 10.3 Å². The van der Waals surface area contributed by atoms with Crippen LogP contribution in [0.1, 0.15) is 17.3 Å². The Hall–Kier alpha value is -1.59. The number of imidazole rings is 1. The summed E-state index contributed by atoms with van der Waals surface area (Å²) in [5, 5.41) is 0. The molecule has 0 fully saturated rings. The van der Waals surface area contributed by atoms with Crippen LogP contribution >= 0.6 is 0 Å². The molecule has 0 aliphatic carbocycles. The van der Waals surface area contributed by atoms with Gasteiger partial charge in [-0.1, -0.05) is 0 Å². The SMILES string of the molecule is Cn1cnc(C(Cc2ccoc2)NN)c1. The lowest BCUT2D eigenvalue weighted by Gasteiger charge is -2.11. The van der Waals surface area contributed by atoms with Gasteiger partial charge in [0.2, 0.25) is 0 Å². The zero-order chi connectivity index (χ0) is 10.7. The smallest absolute Gasteiger partial charge is 0.0947 e. The van der Waals surface area contributed by atoms with Crippen LogP contribution in [0.3, 0.4) is 0 Å². The van der Waals surface area contributed by atoms with Crippen molar-refractivity contribution in [3.05, 3.63) is 42.4 Å². The Balaban J connectivity index is 2.11. The van der Waals surface area contributed by atoms with Crippen molar-refractivity contribution in [1.29, 1.82) is 0 Å². The van der Waals surface area contributed by atoms with E-state index in [2.05, 4.69) is 10.4 Å². The molecule has 0 bridgehead atoms. The average molecular weight is 206 g/mol. The van der Waals surface area contributed by atoms with Gasteiger partial charge in [-0.2, -0.15) is 0 Å². The van der Waals surface area contributed by atoms with E-state index in [-0.39, 0.29) is 6.04 Å². The molecule has 15 heavy (non-hydrogen) atoms.